The topological polar surface area (TPSA) is 41.5 Å². The number of aliphatic hydroxyl groups is 1. The molecule has 1 aliphatic heterocycles. The van der Waals surface area contributed by atoms with Crippen LogP contribution in [-0.2, 0) is 4.74 Å². The van der Waals surface area contributed by atoms with Gasteiger partial charge >= 0.3 is 0 Å². The van der Waals surface area contributed by atoms with E-state index in [9.17, 15) is 5.11 Å². The smallest absolute Gasteiger partial charge is 0.0943 e. The molecule has 0 aromatic heterocycles. The molecule has 1 heterocycles. The molecular formula is C15H21Cl2NO2. The predicted molar refractivity (Wildman–Crippen MR) is 82.5 cm³/mol. The third-order valence-corrected chi connectivity index (χ3v) is 4.26. The number of hydrogen-bond acceptors (Lipinski definition) is 3. The van der Waals surface area contributed by atoms with Crippen LogP contribution in [0.3, 0.4) is 0 Å². The highest BCUT2D eigenvalue weighted by Crippen LogP contribution is 2.31. The number of halogens is 2. The van der Waals surface area contributed by atoms with Crippen LogP contribution in [0.25, 0.3) is 0 Å². The van der Waals surface area contributed by atoms with Gasteiger partial charge in [0.05, 0.1) is 17.8 Å². The molecule has 0 saturated carbocycles. The van der Waals surface area contributed by atoms with E-state index in [4.69, 9.17) is 27.9 Å². The first-order chi connectivity index (χ1) is 9.39. The van der Waals surface area contributed by atoms with Crippen LogP contribution in [-0.4, -0.2) is 29.9 Å². The van der Waals surface area contributed by atoms with E-state index >= 15 is 0 Å². The van der Waals surface area contributed by atoms with Crippen molar-refractivity contribution in [3.8, 4) is 0 Å². The van der Waals surface area contributed by atoms with Crippen LogP contribution in [0.1, 0.15) is 38.4 Å². The maximum atomic E-state index is 10.2. The standard InChI is InChI=1S/C15H21Cl2NO2/c1-15(2)7-6-10(20-15)8-18-9-13(19)14-11(16)4-3-5-12(14)17/h3-5,10,13,18-19H,6-9H2,1-2H3/t10-,13?/m0/s1. The molecule has 5 heteroatoms. The second-order valence-corrected chi connectivity index (χ2v) is 6.66. The molecule has 0 radical (unpaired) electrons. The molecule has 0 aliphatic carbocycles. The van der Waals surface area contributed by atoms with Crippen molar-refractivity contribution in [1.29, 1.82) is 0 Å². The molecule has 0 amide bonds. The maximum absolute atomic E-state index is 10.2. The minimum absolute atomic E-state index is 0.0307. The van der Waals surface area contributed by atoms with Crippen molar-refractivity contribution in [3.63, 3.8) is 0 Å². The molecule has 1 aliphatic rings. The molecule has 1 unspecified atom stereocenters. The van der Waals surface area contributed by atoms with Gasteiger partial charge < -0.3 is 15.2 Å². The van der Waals surface area contributed by atoms with E-state index in [1.807, 2.05) is 0 Å². The maximum Gasteiger partial charge on any atom is 0.0943 e. The highest BCUT2D eigenvalue weighted by molar-refractivity contribution is 6.36. The molecule has 2 rings (SSSR count). The Labute approximate surface area is 130 Å². The lowest BCUT2D eigenvalue weighted by Gasteiger charge is -2.20. The fourth-order valence-electron chi connectivity index (χ4n) is 2.53. The first-order valence-corrected chi connectivity index (χ1v) is 7.65. The van der Waals surface area contributed by atoms with Crippen molar-refractivity contribution >= 4 is 23.2 Å². The quantitative estimate of drug-likeness (QED) is 0.872. The zero-order valence-corrected chi connectivity index (χ0v) is 13.3. The summed E-state index contributed by atoms with van der Waals surface area (Å²) in [6.07, 6.45) is 1.60. The van der Waals surface area contributed by atoms with Crippen LogP contribution < -0.4 is 5.32 Å². The molecule has 2 N–H and O–H groups in total. The van der Waals surface area contributed by atoms with Crippen molar-refractivity contribution in [1.82, 2.24) is 5.32 Å². The Morgan fingerprint density at radius 1 is 1.40 bits per heavy atom. The second-order valence-electron chi connectivity index (χ2n) is 5.85. The van der Waals surface area contributed by atoms with E-state index < -0.39 is 6.10 Å². The average molecular weight is 318 g/mol. The number of rotatable bonds is 5. The molecule has 2 atom stereocenters. The van der Waals surface area contributed by atoms with E-state index in [-0.39, 0.29) is 11.7 Å². The average Bonchev–Trinajstić information content (AvgIpc) is 2.69. The largest absolute Gasteiger partial charge is 0.387 e. The molecular weight excluding hydrogens is 297 g/mol. The first-order valence-electron chi connectivity index (χ1n) is 6.89. The third-order valence-electron chi connectivity index (χ3n) is 3.60. The Bertz CT molecular complexity index is 445. The summed E-state index contributed by atoms with van der Waals surface area (Å²) in [6.45, 7) is 5.34. The van der Waals surface area contributed by atoms with Gasteiger partial charge in [-0.3, -0.25) is 0 Å². The van der Waals surface area contributed by atoms with Crippen LogP contribution in [0, 0.1) is 0 Å². The summed E-state index contributed by atoms with van der Waals surface area (Å²) in [5.41, 5.74) is 0.549. The van der Waals surface area contributed by atoms with Gasteiger partial charge in [-0.05, 0) is 38.8 Å². The minimum atomic E-state index is -0.717. The van der Waals surface area contributed by atoms with E-state index in [2.05, 4.69) is 19.2 Å². The summed E-state index contributed by atoms with van der Waals surface area (Å²) in [7, 11) is 0. The van der Waals surface area contributed by atoms with Gasteiger partial charge in [0.25, 0.3) is 0 Å². The number of aliphatic hydroxyl groups excluding tert-OH is 1. The third kappa shape index (κ3) is 4.09. The summed E-state index contributed by atoms with van der Waals surface area (Å²) in [4.78, 5) is 0. The Balaban J connectivity index is 1.83. The van der Waals surface area contributed by atoms with Crippen molar-refractivity contribution in [2.45, 2.75) is 44.5 Å². The number of nitrogens with one attached hydrogen (secondary N) is 1. The summed E-state index contributed by atoms with van der Waals surface area (Å²) in [5, 5.41) is 14.4. The summed E-state index contributed by atoms with van der Waals surface area (Å²) < 4.78 is 5.89. The van der Waals surface area contributed by atoms with Crippen LogP contribution in [0.4, 0.5) is 0 Å². The van der Waals surface area contributed by atoms with E-state index in [0.717, 1.165) is 19.4 Å². The van der Waals surface area contributed by atoms with Gasteiger partial charge in [0.1, 0.15) is 0 Å². The molecule has 20 heavy (non-hydrogen) atoms. The van der Waals surface area contributed by atoms with Gasteiger partial charge in [0.15, 0.2) is 0 Å². The monoisotopic (exact) mass is 317 g/mol. The molecule has 1 saturated heterocycles. The van der Waals surface area contributed by atoms with Gasteiger partial charge in [-0.2, -0.15) is 0 Å². The van der Waals surface area contributed by atoms with Crippen LogP contribution in [0.5, 0.6) is 0 Å². The second kappa shape index (κ2) is 6.63. The van der Waals surface area contributed by atoms with Crippen molar-refractivity contribution < 1.29 is 9.84 Å². The number of hydrogen-bond donors (Lipinski definition) is 2. The SMILES string of the molecule is CC1(C)CC[C@@H](CNCC(O)c2c(Cl)cccc2Cl)O1. The summed E-state index contributed by atoms with van der Waals surface area (Å²) in [5.74, 6) is 0. The van der Waals surface area contributed by atoms with Crippen LogP contribution in [0.2, 0.25) is 10.0 Å². The Morgan fingerprint density at radius 2 is 2.05 bits per heavy atom. The predicted octanol–water partition coefficient (Wildman–Crippen LogP) is 3.57. The van der Waals surface area contributed by atoms with E-state index in [1.54, 1.807) is 18.2 Å². The fraction of sp³-hybridized carbons (Fsp3) is 0.600. The highest BCUT2D eigenvalue weighted by atomic mass is 35.5. The Hall–Kier alpha value is -0.320. The Morgan fingerprint density at radius 3 is 2.60 bits per heavy atom. The number of benzene rings is 1. The van der Waals surface area contributed by atoms with Crippen molar-refractivity contribution in [2.75, 3.05) is 13.1 Å². The normalized spacial score (nSPS) is 22.9. The van der Waals surface area contributed by atoms with Gasteiger partial charge in [-0.15, -0.1) is 0 Å². The zero-order valence-electron chi connectivity index (χ0n) is 11.8. The van der Waals surface area contributed by atoms with Gasteiger partial charge in [-0.25, -0.2) is 0 Å². The molecule has 0 bridgehead atoms. The van der Waals surface area contributed by atoms with Crippen molar-refractivity contribution in [3.05, 3.63) is 33.8 Å². The first kappa shape index (κ1) is 16.1. The van der Waals surface area contributed by atoms with Crippen molar-refractivity contribution in [2.24, 2.45) is 0 Å². The molecule has 1 aromatic carbocycles. The lowest BCUT2D eigenvalue weighted by Crippen LogP contribution is -2.32. The highest BCUT2D eigenvalue weighted by Gasteiger charge is 2.31. The molecule has 3 nitrogen and oxygen atoms in total. The zero-order chi connectivity index (χ0) is 14.8. The Kier molecular flexibility index (Phi) is 5.32. The lowest BCUT2D eigenvalue weighted by atomic mass is 10.1. The number of ether oxygens (including phenoxy) is 1. The molecule has 1 fully saturated rings. The van der Waals surface area contributed by atoms with Gasteiger partial charge in [0.2, 0.25) is 0 Å². The van der Waals surface area contributed by atoms with Crippen LogP contribution >= 0.6 is 23.2 Å². The lowest BCUT2D eigenvalue weighted by molar-refractivity contribution is -0.0150. The van der Waals surface area contributed by atoms with Crippen LogP contribution in [0.15, 0.2) is 18.2 Å². The molecule has 0 spiro atoms. The minimum Gasteiger partial charge on any atom is -0.387 e. The van der Waals surface area contributed by atoms with Gasteiger partial charge in [0, 0.05) is 28.7 Å². The molecule has 1 aromatic rings. The summed E-state index contributed by atoms with van der Waals surface area (Å²) >= 11 is 12.1. The molecule has 112 valence electrons. The van der Waals surface area contributed by atoms with E-state index in [0.29, 0.717) is 22.2 Å². The summed E-state index contributed by atoms with van der Waals surface area (Å²) in [6, 6.07) is 5.23. The fourth-order valence-corrected chi connectivity index (χ4v) is 3.18. The van der Waals surface area contributed by atoms with E-state index in [1.165, 1.54) is 0 Å². The van der Waals surface area contributed by atoms with Gasteiger partial charge in [-0.1, -0.05) is 29.3 Å².